The molecule has 0 atom stereocenters. The monoisotopic (exact) mass is 873 g/mol. The molecule has 1 aliphatic carbocycles. The topological polar surface area (TPSA) is 105 Å². The quantitative estimate of drug-likeness (QED) is 0.112. The summed E-state index contributed by atoms with van der Waals surface area (Å²) in [6.07, 6.45) is 1.70. The first-order chi connectivity index (χ1) is 29.7. The average molecular weight is 873 g/mol. The van der Waals surface area contributed by atoms with Crippen molar-refractivity contribution in [2.45, 2.75) is 184 Å². The van der Waals surface area contributed by atoms with E-state index in [4.69, 9.17) is 18.9 Å². The van der Waals surface area contributed by atoms with Gasteiger partial charge >= 0.3 is 23.9 Å². The van der Waals surface area contributed by atoms with E-state index in [1.165, 1.54) is 0 Å². The van der Waals surface area contributed by atoms with Gasteiger partial charge in [0.2, 0.25) is 0 Å². The summed E-state index contributed by atoms with van der Waals surface area (Å²) < 4.78 is 25.6. The number of rotatable bonds is 8. The Bertz CT molecular complexity index is 2000. The molecule has 64 heavy (non-hydrogen) atoms. The molecule has 0 aromatic heterocycles. The highest BCUT2D eigenvalue weighted by Crippen LogP contribution is 2.44. The fourth-order valence-electron chi connectivity index (χ4n) is 7.89. The minimum absolute atomic E-state index is 0.158. The highest BCUT2D eigenvalue weighted by molar-refractivity contribution is 5.77. The van der Waals surface area contributed by atoms with Crippen molar-refractivity contribution in [2.75, 3.05) is 0 Å². The molecule has 0 heterocycles. The molecule has 8 nitrogen and oxygen atoms in total. The van der Waals surface area contributed by atoms with Crippen molar-refractivity contribution in [2.24, 2.45) is 0 Å². The summed E-state index contributed by atoms with van der Waals surface area (Å²) in [6, 6.07) is 16.9. The van der Waals surface area contributed by atoms with Gasteiger partial charge in [-0.1, -0.05) is 159 Å². The van der Waals surface area contributed by atoms with Crippen LogP contribution in [0.3, 0.4) is 0 Å². The van der Waals surface area contributed by atoms with Gasteiger partial charge < -0.3 is 18.9 Å². The Morgan fingerprint density at radius 1 is 0.328 bits per heavy atom. The van der Waals surface area contributed by atoms with E-state index < -0.39 is 0 Å². The molecule has 0 radical (unpaired) electrons. The number of carbonyl (C=O) groups excluding carboxylic acids is 4. The van der Waals surface area contributed by atoms with Gasteiger partial charge in [0.15, 0.2) is 0 Å². The second-order valence-electron chi connectivity index (χ2n) is 21.5. The van der Waals surface area contributed by atoms with Gasteiger partial charge in [-0.15, -0.1) is 0 Å². The van der Waals surface area contributed by atoms with E-state index in [2.05, 4.69) is 132 Å². The van der Waals surface area contributed by atoms with Crippen molar-refractivity contribution in [3.8, 4) is 23.0 Å². The number of fused-ring (bicyclic) bond motifs is 8. The first-order valence-electron chi connectivity index (χ1n) is 23.1. The molecule has 8 bridgehead atoms. The molecule has 0 N–H and O–H groups in total. The largest absolute Gasteiger partial charge is 0.426 e. The van der Waals surface area contributed by atoms with Crippen LogP contribution in [0.25, 0.3) is 0 Å². The number of esters is 4. The molecule has 4 aromatic rings. The Balaban J connectivity index is 2.09. The summed E-state index contributed by atoms with van der Waals surface area (Å²) in [5, 5.41) is 0. The summed E-state index contributed by atoms with van der Waals surface area (Å²) >= 11 is 0. The smallest absolute Gasteiger partial charge is 0.310 e. The van der Waals surface area contributed by atoms with Crippen molar-refractivity contribution < 1.29 is 38.1 Å². The standard InChI is InChI=1S/C56H72O8/c1-17-45(57)61-49-33-21-35-27-42(54(8,9)10)29-37(50(35)62-46(58)18-2)23-39-31-44(56(14,15)16)32-40(52(39)64-48(60)20-4)24-38-30-43(55(11,12)13)28-36(51(38)63-47(59)19-3)22-34(49)26-41(25-33)53(5,6)7/h25-32H,17-24H2,1-16H3. The van der Waals surface area contributed by atoms with Gasteiger partial charge in [0.05, 0.1) is 0 Å². The molecule has 4 aromatic carbocycles. The SMILES string of the molecule is CCC(=O)Oc1c2cc(C(C)(C)C)cc1Cc1cc(C(C)(C)C)cc(c1OC(=O)CC)Cc1cc(C(C)(C)C)cc(c1OC(=O)CC)Cc1cc(C(C)(C)C)cc(c1OC(=O)CC)C2. The van der Waals surface area contributed by atoms with Gasteiger partial charge in [-0.25, -0.2) is 0 Å². The van der Waals surface area contributed by atoms with Crippen LogP contribution in [-0.4, -0.2) is 23.9 Å². The minimum Gasteiger partial charge on any atom is -0.426 e. The normalized spacial score (nSPS) is 13.2. The maximum absolute atomic E-state index is 13.5. The molecule has 0 amide bonds. The molecule has 0 saturated heterocycles. The van der Waals surface area contributed by atoms with Crippen LogP contribution in [0.2, 0.25) is 0 Å². The van der Waals surface area contributed by atoms with Crippen LogP contribution in [0.4, 0.5) is 0 Å². The van der Waals surface area contributed by atoms with Gasteiger partial charge in [0.1, 0.15) is 23.0 Å². The van der Waals surface area contributed by atoms with Crippen molar-refractivity contribution >= 4 is 23.9 Å². The zero-order chi connectivity index (χ0) is 47.7. The third kappa shape index (κ3) is 11.7. The molecule has 0 aliphatic heterocycles. The van der Waals surface area contributed by atoms with E-state index in [0.29, 0.717) is 23.0 Å². The van der Waals surface area contributed by atoms with Gasteiger partial charge in [-0.2, -0.15) is 0 Å². The molecule has 0 unspecified atom stereocenters. The lowest BCUT2D eigenvalue weighted by Gasteiger charge is -2.28. The second-order valence-corrected chi connectivity index (χ2v) is 21.5. The van der Waals surface area contributed by atoms with Crippen LogP contribution < -0.4 is 18.9 Å². The predicted molar refractivity (Wildman–Crippen MR) is 255 cm³/mol. The van der Waals surface area contributed by atoms with Crippen molar-refractivity contribution in [3.63, 3.8) is 0 Å². The first-order valence-corrected chi connectivity index (χ1v) is 23.1. The van der Waals surface area contributed by atoms with Crippen molar-refractivity contribution in [3.05, 3.63) is 115 Å². The first kappa shape index (κ1) is 49.8. The van der Waals surface area contributed by atoms with Crippen molar-refractivity contribution in [1.82, 2.24) is 0 Å². The highest BCUT2D eigenvalue weighted by atomic mass is 16.5. The van der Waals surface area contributed by atoms with Gasteiger partial charge in [-0.3, -0.25) is 19.2 Å². The molecule has 0 fully saturated rings. The number of ether oxygens (including phenoxy) is 4. The molecule has 344 valence electrons. The minimum atomic E-state index is -0.383. The summed E-state index contributed by atoms with van der Waals surface area (Å²) in [5.41, 5.74) is 8.93. The maximum atomic E-state index is 13.5. The summed E-state index contributed by atoms with van der Waals surface area (Å²) in [4.78, 5) is 54.1. The zero-order valence-electron chi connectivity index (χ0n) is 41.5. The Kier molecular flexibility index (Phi) is 14.8. The Labute approximate surface area is 382 Å². The fourth-order valence-corrected chi connectivity index (χ4v) is 7.89. The number of hydrogen-bond acceptors (Lipinski definition) is 8. The summed E-state index contributed by atoms with van der Waals surface area (Å²) in [6.45, 7) is 33.0. The van der Waals surface area contributed by atoms with Crippen LogP contribution in [-0.2, 0) is 66.5 Å². The lowest BCUT2D eigenvalue weighted by molar-refractivity contribution is -0.135. The van der Waals surface area contributed by atoms with Gasteiger partial charge in [0.25, 0.3) is 0 Å². The van der Waals surface area contributed by atoms with E-state index in [1.807, 2.05) is 0 Å². The number of hydrogen-bond donors (Lipinski definition) is 0. The molecule has 1 aliphatic rings. The molecular weight excluding hydrogens is 801 g/mol. The van der Waals surface area contributed by atoms with E-state index in [-0.39, 0.29) is 96.9 Å². The van der Waals surface area contributed by atoms with E-state index in [0.717, 1.165) is 66.8 Å². The third-order valence-electron chi connectivity index (χ3n) is 12.0. The van der Waals surface area contributed by atoms with Gasteiger partial charge in [0, 0.05) is 95.9 Å². The second kappa shape index (κ2) is 19.1. The predicted octanol–water partition coefficient (Wildman–Crippen LogP) is 12.8. The van der Waals surface area contributed by atoms with E-state index in [1.54, 1.807) is 27.7 Å². The number of carbonyl (C=O) groups is 4. The molecule has 5 rings (SSSR count). The van der Waals surface area contributed by atoms with Crippen LogP contribution in [0.15, 0.2) is 48.5 Å². The Morgan fingerprint density at radius 2 is 0.469 bits per heavy atom. The highest BCUT2D eigenvalue weighted by Gasteiger charge is 2.31. The fraction of sp³-hybridized carbons (Fsp3) is 0.500. The van der Waals surface area contributed by atoms with E-state index in [9.17, 15) is 19.2 Å². The lowest BCUT2D eigenvalue weighted by atomic mass is 9.79. The summed E-state index contributed by atoms with van der Waals surface area (Å²) in [5.74, 6) is 0.215. The summed E-state index contributed by atoms with van der Waals surface area (Å²) in [7, 11) is 0. The van der Waals surface area contributed by atoms with Crippen molar-refractivity contribution in [1.29, 1.82) is 0 Å². The maximum Gasteiger partial charge on any atom is 0.310 e. The lowest BCUT2D eigenvalue weighted by Crippen LogP contribution is -2.19. The van der Waals surface area contributed by atoms with Gasteiger partial charge in [-0.05, 0) is 43.9 Å². The average Bonchev–Trinajstić information content (AvgIpc) is 3.19. The van der Waals surface area contributed by atoms with E-state index >= 15 is 0 Å². The Morgan fingerprint density at radius 3 is 0.578 bits per heavy atom. The molecule has 0 saturated carbocycles. The Hall–Kier alpha value is -5.24. The zero-order valence-corrected chi connectivity index (χ0v) is 41.5. The van der Waals surface area contributed by atoms with Crippen LogP contribution in [0.5, 0.6) is 23.0 Å². The van der Waals surface area contributed by atoms with Crippen LogP contribution in [0, 0.1) is 0 Å². The molecule has 0 spiro atoms. The molecule has 8 heteroatoms. The molecular formula is C56H72O8. The number of benzene rings is 4. The van der Waals surface area contributed by atoms with Crippen LogP contribution >= 0.6 is 0 Å². The van der Waals surface area contributed by atoms with Crippen LogP contribution in [0.1, 0.15) is 203 Å². The third-order valence-corrected chi connectivity index (χ3v) is 12.0.